The third-order valence-corrected chi connectivity index (χ3v) is 10.2. The highest BCUT2D eigenvalue weighted by molar-refractivity contribution is 5.96. The minimum Gasteiger partial charge on any atom is -0.508 e. The van der Waals surface area contributed by atoms with Crippen molar-refractivity contribution in [3.05, 3.63) is 167 Å². The normalized spacial score (nSPS) is 11.4. The van der Waals surface area contributed by atoms with Crippen molar-refractivity contribution in [1.29, 1.82) is 0 Å². The highest BCUT2D eigenvalue weighted by Gasteiger charge is 2.15. The van der Waals surface area contributed by atoms with E-state index in [2.05, 4.69) is 20.9 Å². The molecule has 6 N–H and O–H groups in total. The summed E-state index contributed by atoms with van der Waals surface area (Å²) in [6.07, 6.45) is -0.390. The number of pyridine rings is 1. The number of aromatic hydroxyl groups is 1. The van der Waals surface area contributed by atoms with Gasteiger partial charge in [-0.05, 0) is 127 Å². The first-order valence-electron chi connectivity index (χ1n) is 22.7. The smallest absolute Gasteiger partial charge is 0.349 e. The third-order valence-electron chi connectivity index (χ3n) is 10.2. The van der Waals surface area contributed by atoms with Crippen LogP contribution in [0, 0.1) is 19.8 Å². The van der Waals surface area contributed by atoms with Crippen LogP contribution in [0.3, 0.4) is 0 Å². The predicted octanol–water partition coefficient (Wildman–Crippen LogP) is 8.61. The van der Waals surface area contributed by atoms with E-state index in [0.29, 0.717) is 22.1 Å². The zero-order valence-electron chi connectivity index (χ0n) is 40.9. The number of amides is 2. The van der Waals surface area contributed by atoms with Gasteiger partial charge in [0.05, 0.1) is 18.0 Å². The molecule has 0 spiro atoms. The molecule has 0 fully saturated rings. The van der Waals surface area contributed by atoms with Crippen LogP contribution in [0.4, 0.5) is 5.69 Å². The van der Waals surface area contributed by atoms with Crippen molar-refractivity contribution in [3.8, 4) is 11.5 Å². The maximum Gasteiger partial charge on any atom is 0.349 e. The van der Waals surface area contributed by atoms with Crippen LogP contribution >= 0.6 is 0 Å². The molecule has 368 valence electrons. The van der Waals surface area contributed by atoms with Gasteiger partial charge in [-0.25, -0.2) is 14.4 Å². The fourth-order valence-corrected chi connectivity index (χ4v) is 6.98. The number of aromatic amines is 1. The molecule has 8 rings (SSSR count). The molecule has 0 bridgehead atoms. The van der Waals surface area contributed by atoms with E-state index in [4.69, 9.17) is 18.0 Å². The SMILES string of the molecule is CC(C)NC(=O)Cc1cc(=O)oc2cc(O)ccc12.CC(C)NC(=O)c1cc2ccccc2oc1=O.Cc1cc(=O)[nH]c2cc(N[C@@H](O)C(C)C)ccc12.Cc1cc(=O)oc2cc(OC(C)C)ccc12. The zero-order valence-corrected chi connectivity index (χ0v) is 40.9. The molecule has 4 aromatic heterocycles. The zero-order chi connectivity index (χ0) is 51.4. The van der Waals surface area contributed by atoms with Crippen LogP contribution in [0.1, 0.15) is 82.4 Å². The number of anilines is 1. The molecule has 4 aromatic carbocycles. The topological polar surface area (TPSA) is 243 Å². The molecule has 0 aliphatic heterocycles. The highest BCUT2D eigenvalue weighted by Crippen LogP contribution is 2.24. The van der Waals surface area contributed by atoms with Crippen LogP contribution in [-0.4, -0.2) is 51.4 Å². The lowest BCUT2D eigenvalue weighted by Gasteiger charge is -2.17. The van der Waals surface area contributed by atoms with E-state index in [9.17, 15) is 39.0 Å². The molecule has 8 aromatic rings. The number of phenolic OH excluding ortho intramolecular Hbond substituents is 1. The van der Waals surface area contributed by atoms with Gasteiger partial charge in [0.1, 0.15) is 40.0 Å². The van der Waals surface area contributed by atoms with Crippen LogP contribution in [0.25, 0.3) is 43.8 Å². The van der Waals surface area contributed by atoms with Gasteiger partial charge in [-0.1, -0.05) is 38.1 Å². The molecule has 16 heteroatoms. The number of fused-ring (bicyclic) bond motifs is 4. The van der Waals surface area contributed by atoms with Crippen LogP contribution in [0.2, 0.25) is 0 Å². The fourth-order valence-electron chi connectivity index (χ4n) is 6.98. The molecule has 0 radical (unpaired) electrons. The molecule has 0 saturated heterocycles. The number of carbonyl (C=O) groups is 2. The molecule has 0 saturated carbocycles. The lowest BCUT2D eigenvalue weighted by Crippen LogP contribution is -2.33. The number of phenols is 1. The van der Waals surface area contributed by atoms with Gasteiger partial charge in [0.2, 0.25) is 11.5 Å². The second kappa shape index (κ2) is 23.8. The number of aliphatic hydroxyl groups excluding tert-OH is 1. The number of rotatable bonds is 10. The molecule has 0 aliphatic carbocycles. The average Bonchev–Trinajstić information content (AvgIpc) is 3.25. The number of hydrogen-bond donors (Lipinski definition) is 6. The van der Waals surface area contributed by atoms with Crippen molar-refractivity contribution in [2.75, 3.05) is 5.32 Å². The molecule has 70 heavy (non-hydrogen) atoms. The van der Waals surface area contributed by atoms with E-state index in [-0.39, 0.29) is 64.5 Å². The number of benzene rings is 4. The molecule has 2 amide bonds. The molecule has 16 nitrogen and oxygen atoms in total. The van der Waals surface area contributed by atoms with E-state index >= 15 is 0 Å². The van der Waals surface area contributed by atoms with Gasteiger partial charge in [0.15, 0.2) is 0 Å². The Kier molecular flexibility index (Phi) is 18.0. The van der Waals surface area contributed by atoms with Gasteiger partial charge in [-0.3, -0.25) is 14.4 Å². The van der Waals surface area contributed by atoms with E-state index in [1.54, 1.807) is 42.5 Å². The van der Waals surface area contributed by atoms with Crippen molar-refractivity contribution in [2.45, 2.75) is 100 Å². The second-order valence-corrected chi connectivity index (χ2v) is 17.8. The van der Waals surface area contributed by atoms with Gasteiger partial charge in [-0.15, -0.1) is 0 Å². The van der Waals surface area contributed by atoms with E-state index in [0.717, 1.165) is 44.2 Å². The Labute approximate surface area is 403 Å². The van der Waals surface area contributed by atoms with Crippen molar-refractivity contribution >= 4 is 61.3 Å². The largest absolute Gasteiger partial charge is 0.508 e. The molecular formula is C54H60N4O12. The summed E-state index contributed by atoms with van der Waals surface area (Å²) >= 11 is 0. The summed E-state index contributed by atoms with van der Waals surface area (Å²) in [5, 5.41) is 30.9. The Bertz CT molecular complexity index is 3370. The van der Waals surface area contributed by atoms with Gasteiger partial charge in [0, 0.05) is 69.6 Å². The minimum atomic E-state index is -0.609. The van der Waals surface area contributed by atoms with Gasteiger partial charge >= 0.3 is 16.9 Å². The number of aliphatic hydroxyl groups is 1. The lowest BCUT2D eigenvalue weighted by molar-refractivity contribution is -0.120. The number of carbonyl (C=O) groups excluding carboxylic acids is 2. The maximum absolute atomic E-state index is 11.8. The Balaban J connectivity index is 0.000000174. The van der Waals surface area contributed by atoms with E-state index in [1.165, 1.54) is 24.3 Å². The summed E-state index contributed by atoms with van der Waals surface area (Å²) in [7, 11) is 0. The minimum absolute atomic E-state index is 0.0134. The number of hydrogen-bond acceptors (Lipinski definition) is 13. The molecular weight excluding hydrogens is 897 g/mol. The summed E-state index contributed by atoms with van der Waals surface area (Å²) in [6.45, 7) is 19.0. The fraction of sp³-hybridized carbons (Fsp3) is 0.296. The summed E-state index contributed by atoms with van der Waals surface area (Å²) in [5.41, 5.74) is 3.82. The maximum atomic E-state index is 11.8. The van der Waals surface area contributed by atoms with E-state index in [1.807, 2.05) is 106 Å². The van der Waals surface area contributed by atoms with Crippen molar-refractivity contribution < 1.29 is 37.8 Å². The first kappa shape index (κ1) is 53.0. The third kappa shape index (κ3) is 15.0. The van der Waals surface area contributed by atoms with Crippen LogP contribution < -0.4 is 43.1 Å². The van der Waals surface area contributed by atoms with Crippen LogP contribution in [-0.2, 0) is 11.2 Å². The highest BCUT2D eigenvalue weighted by atomic mass is 16.5. The number of aryl methyl sites for hydroxylation is 2. The van der Waals surface area contributed by atoms with Gasteiger partial charge in [0.25, 0.3) is 5.91 Å². The van der Waals surface area contributed by atoms with E-state index < -0.39 is 23.4 Å². The number of H-pyrrole nitrogens is 1. The quantitative estimate of drug-likeness (QED) is 0.0556. The standard InChI is InChI=1S/C14H18N2O2.C14H15NO4.C13H13NO3.C13H14O3/c1-8(2)14(18)15-10-4-5-11-9(3)6-13(17)16-12(11)7-10;1-8(2)15-13(17)5-9-6-14(18)19-12-7-10(16)3-4-11(9)12;1-8(2)14-12(15)10-7-9-5-3-4-6-11(9)17-13(10)16;1-8(2)15-10-4-5-11-9(3)6-13(14)16-12(11)7-10/h4-8,14-15,18H,1-3H3,(H,16,17);3-4,6-8,16H,5H2,1-2H3,(H,15,17);3-8H,1-2H3,(H,14,15);4-8H,1-3H3/t14-;;;/m0.../s1. The number of nitrogens with one attached hydrogen (secondary N) is 4. The van der Waals surface area contributed by atoms with Crippen LogP contribution in [0.5, 0.6) is 11.5 Å². The molecule has 1 atom stereocenters. The number of aromatic nitrogens is 1. The number of ether oxygens (including phenoxy) is 1. The number of para-hydroxylation sites is 1. The molecule has 0 unspecified atom stereocenters. The van der Waals surface area contributed by atoms with Crippen molar-refractivity contribution in [3.63, 3.8) is 0 Å². The Hall–Kier alpha value is -7.98. The van der Waals surface area contributed by atoms with Crippen molar-refractivity contribution in [2.24, 2.45) is 5.92 Å². The predicted molar refractivity (Wildman–Crippen MR) is 273 cm³/mol. The second-order valence-electron chi connectivity index (χ2n) is 17.8. The monoisotopic (exact) mass is 956 g/mol. The van der Waals surface area contributed by atoms with Crippen molar-refractivity contribution in [1.82, 2.24) is 15.6 Å². The molecule has 4 heterocycles. The summed E-state index contributed by atoms with van der Waals surface area (Å²) < 4.78 is 20.7. The first-order chi connectivity index (χ1) is 33.1. The summed E-state index contributed by atoms with van der Waals surface area (Å²) in [4.78, 5) is 72.0. The van der Waals surface area contributed by atoms with Crippen LogP contribution in [0.15, 0.2) is 136 Å². The lowest BCUT2D eigenvalue weighted by atomic mass is 10.1. The average molecular weight is 957 g/mol. The summed E-state index contributed by atoms with van der Waals surface area (Å²) in [6, 6.07) is 28.8. The first-order valence-corrected chi connectivity index (χ1v) is 22.7. The summed E-state index contributed by atoms with van der Waals surface area (Å²) in [5.74, 6) is 0.294. The Morgan fingerprint density at radius 1 is 0.657 bits per heavy atom. The Morgan fingerprint density at radius 3 is 1.96 bits per heavy atom. The van der Waals surface area contributed by atoms with Gasteiger partial charge in [-0.2, -0.15) is 0 Å². The Morgan fingerprint density at radius 2 is 1.29 bits per heavy atom. The molecule has 0 aliphatic rings. The van der Waals surface area contributed by atoms with Gasteiger partial charge < -0.3 is 49.1 Å².